The van der Waals surface area contributed by atoms with Gasteiger partial charge in [0.05, 0.1) is 0 Å². The summed E-state index contributed by atoms with van der Waals surface area (Å²) in [5.74, 6) is 1.31. The van der Waals surface area contributed by atoms with Crippen molar-refractivity contribution in [3.63, 3.8) is 0 Å². The van der Waals surface area contributed by atoms with Gasteiger partial charge in [-0.3, -0.25) is 9.59 Å². The molecule has 0 bridgehead atoms. The molecule has 0 saturated carbocycles. The quantitative estimate of drug-likeness (QED) is 0.0743. The third-order valence-electron chi connectivity index (χ3n) is 6.52. The maximum absolute atomic E-state index is 11.7. The number of amides is 1. The molecule has 0 spiro atoms. The maximum atomic E-state index is 11.7. The second-order valence-electron chi connectivity index (χ2n) is 9.86. The summed E-state index contributed by atoms with van der Waals surface area (Å²) < 4.78 is 0. The minimum Gasteiger partial charge on any atom is -0.352 e. The number of nitrogens with one attached hydrogen (secondary N) is 1. The molecule has 7 heteroatoms. The Labute approximate surface area is 230 Å². The highest BCUT2D eigenvalue weighted by Crippen LogP contribution is 2.18. The molecule has 0 aliphatic carbocycles. The molecule has 0 aromatic heterocycles. The first-order valence-electron chi connectivity index (χ1n) is 14.6. The number of benzene rings is 1. The van der Waals surface area contributed by atoms with Crippen LogP contribution in [0.1, 0.15) is 129 Å². The SMILES string of the molecule is C/C=C\CCCC(=O)NCc1ccc(CO[N+](=O)[O-])cc1.CCCCCCCC(=O)CCC(CC)CCC. The first-order chi connectivity index (χ1) is 18.4. The van der Waals surface area contributed by atoms with Gasteiger partial charge in [0, 0.05) is 25.8 Å². The molecular weight excluding hydrogens is 480 g/mol. The lowest BCUT2D eigenvalue weighted by molar-refractivity contribution is -0.763. The fourth-order valence-electron chi connectivity index (χ4n) is 4.09. The zero-order valence-electron chi connectivity index (χ0n) is 24.3. The van der Waals surface area contributed by atoms with Gasteiger partial charge in [-0.2, -0.15) is 0 Å². The highest BCUT2D eigenvalue weighted by atomic mass is 16.9. The summed E-state index contributed by atoms with van der Waals surface area (Å²) in [5, 5.41) is 12.1. The van der Waals surface area contributed by atoms with Gasteiger partial charge in [-0.05, 0) is 49.7 Å². The number of nitrogens with zero attached hydrogens (tertiary/aromatic N) is 1. The summed E-state index contributed by atoms with van der Waals surface area (Å²) in [6.45, 7) is 9.06. The average Bonchev–Trinajstić information content (AvgIpc) is 2.92. The number of unbranched alkanes of at least 4 members (excludes halogenated alkanes) is 5. The van der Waals surface area contributed by atoms with Gasteiger partial charge < -0.3 is 10.2 Å². The van der Waals surface area contributed by atoms with E-state index >= 15 is 0 Å². The third-order valence-corrected chi connectivity index (χ3v) is 6.52. The maximum Gasteiger partial charge on any atom is 0.294 e. The van der Waals surface area contributed by atoms with E-state index in [4.69, 9.17) is 0 Å². The number of rotatable bonds is 21. The Kier molecular flexibility index (Phi) is 22.9. The van der Waals surface area contributed by atoms with Crippen molar-refractivity contribution in [2.24, 2.45) is 5.92 Å². The van der Waals surface area contributed by atoms with E-state index in [0.29, 0.717) is 24.3 Å². The van der Waals surface area contributed by atoms with Crippen LogP contribution in [0.25, 0.3) is 0 Å². The van der Waals surface area contributed by atoms with Crippen molar-refractivity contribution in [1.82, 2.24) is 5.32 Å². The van der Waals surface area contributed by atoms with Crippen LogP contribution in [-0.2, 0) is 27.6 Å². The van der Waals surface area contributed by atoms with Crippen LogP contribution in [0.3, 0.4) is 0 Å². The van der Waals surface area contributed by atoms with Crippen LogP contribution in [0.2, 0.25) is 0 Å². The van der Waals surface area contributed by atoms with Gasteiger partial charge in [-0.25, -0.2) is 0 Å². The normalized spacial score (nSPS) is 11.5. The second-order valence-corrected chi connectivity index (χ2v) is 9.86. The van der Waals surface area contributed by atoms with Crippen molar-refractivity contribution in [2.75, 3.05) is 0 Å². The van der Waals surface area contributed by atoms with Gasteiger partial charge >= 0.3 is 0 Å². The molecule has 1 unspecified atom stereocenters. The van der Waals surface area contributed by atoms with E-state index in [1.165, 1.54) is 44.9 Å². The summed E-state index contributed by atoms with van der Waals surface area (Å²) in [4.78, 5) is 37.6. The molecule has 0 aliphatic heterocycles. The Hall–Kier alpha value is -2.70. The predicted octanol–water partition coefficient (Wildman–Crippen LogP) is 8.28. The van der Waals surface area contributed by atoms with Crippen molar-refractivity contribution in [3.8, 4) is 0 Å². The molecule has 0 saturated heterocycles. The Morgan fingerprint density at radius 2 is 1.61 bits per heavy atom. The summed E-state index contributed by atoms with van der Waals surface area (Å²) in [5.41, 5.74) is 1.66. The molecule has 1 aromatic carbocycles. The van der Waals surface area contributed by atoms with Crippen LogP contribution in [0, 0.1) is 16.0 Å². The summed E-state index contributed by atoms with van der Waals surface area (Å²) in [6, 6.07) is 7.13. The fourth-order valence-corrected chi connectivity index (χ4v) is 4.09. The number of ketones is 1. The Bertz CT molecular complexity index is 777. The van der Waals surface area contributed by atoms with Gasteiger partial charge in [0.1, 0.15) is 12.4 Å². The minimum atomic E-state index is -0.818. The molecule has 38 heavy (non-hydrogen) atoms. The fraction of sp³-hybridized carbons (Fsp3) is 0.677. The molecule has 0 heterocycles. The highest BCUT2D eigenvalue weighted by molar-refractivity contribution is 5.78. The topological polar surface area (TPSA) is 98.5 Å². The van der Waals surface area contributed by atoms with Gasteiger partial charge in [-0.15, -0.1) is 10.1 Å². The van der Waals surface area contributed by atoms with Crippen LogP contribution in [0.4, 0.5) is 0 Å². The summed E-state index contributed by atoms with van der Waals surface area (Å²) in [7, 11) is 0. The van der Waals surface area contributed by atoms with Gasteiger partial charge in [0.25, 0.3) is 5.09 Å². The number of Topliss-reactive ketones (excluding diaryl/α,β-unsaturated/α-hetero) is 1. The van der Waals surface area contributed by atoms with Crippen molar-refractivity contribution in [1.29, 1.82) is 0 Å². The lowest BCUT2D eigenvalue weighted by atomic mass is 9.93. The summed E-state index contributed by atoms with van der Waals surface area (Å²) >= 11 is 0. The molecule has 216 valence electrons. The first kappa shape index (κ1) is 35.3. The highest BCUT2D eigenvalue weighted by Gasteiger charge is 2.08. The largest absolute Gasteiger partial charge is 0.352 e. The van der Waals surface area contributed by atoms with E-state index in [2.05, 4.69) is 30.9 Å². The molecule has 0 radical (unpaired) electrons. The lowest BCUT2D eigenvalue weighted by Crippen LogP contribution is -2.22. The number of allylic oxidation sites excluding steroid dienone is 2. The van der Waals surface area contributed by atoms with E-state index in [1.54, 1.807) is 12.1 Å². The van der Waals surface area contributed by atoms with E-state index in [9.17, 15) is 19.7 Å². The average molecular weight is 533 g/mol. The number of hydrogen-bond acceptors (Lipinski definition) is 5. The Morgan fingerprint density at radius 1 is 0.921 bits per heavy atom. The van der Waals surface area contributed by atoms with E-state index in [1.807, 2.05) is 31.2 Å². The minimum absolute atomic E-state index is 0.0280. The van der Waals surface area contributed by atoms with E-state index in [0.717, 1.165) is 50.0 Å². The molecule has 0 fully saturated rings. The molecular formula is C31H52N2O5. The number of carbonyl (C=O) groups excluding carboxylic acids is 2. The first-order valence-corrected chi connectivity index (χ1v) is 14.6. The Balaban J connectivity index is 0.000000739. The lowest BCUT2D eigenvalue weighted by Gasteiger charge is -2.12. The summed E-state index contributed by atoms with van der Waals surface area (Å²) in [6.07, 6.45) is 19.1. The van der Waals surface area contributed by atoms with Gasteiger partial charge in [-0.1, -0.05) is 102 Å². The van der Waals surface area contributed by atoms with Crippen LogP contribution < -0.4 is 5.32 Å². The van der Waals surface area contributed by atoms with Crippen LogP contribution >= 0.6 is 0 Å². The molecule has 1 amide bonds. The van der Waals surface area contributed by atoms with E-state index < -0.39 is 5.09 Å². The molecule has 1 N–H and O–H groups in total. The monoisotopic (exact) mass is 532 g/mol. The van der Waals surface area contributed by atoms with Crippen molar-refractivity contribution < 1.29 is 19.5 Å². The standard InChI is InChI=1S/C16H32O.C15H20N2O4/c1-4-7-8-9-10-12-16(17)14-13-15(6-3)11-5-2;1-2-3-4-5-6-15(18)16-11-13-7-9-14(10-8-13)12-21-17(19)20/h15H,4-14H2,1-3H3;2-3,7-10H,4-6,11-12H2,1H3,(H,16,18)/b;3-2-. The molecule has 0 aliphatic rings. The third kappa shape index (κ3) is 21.4. The smallest absolute Gasteiger partial charge is 0.294 e. The number of carbonyl (C=O) groups is 2. The Morgan fingerprint density at radius 3 is 2.21 bits per heavy atom. The number of hydrogen-bond donors (Lipinski definition) is 1. The van der Waals surface area contributed by atoms with Crippen LogP contribution in [0.15, 0.2) is 36.4 Å². The van der Waals surface area contributed by atoms with Crippen LogP contribution in [0.5, 0.6) is 0 Å². The van der Waals surface area contributed by atoms with E-state index in [-0.39, 0.29) is 12.5 Å². The molecule has 1 aromatic rings. The van der Waals surface area contributed by atoms with Crippen molar-refractivity contribution in [3.05, 3.63) is 57.7 Å². The molecule has 1 atom stereocenters. The zero-order chi connectivity index (χ0) is 28.4. The van der Waals surface area contributed by atoms with Gasteiger partial charge in [0.15, 0.2) is 0 Å². The zero-order valence-corrected chi connectivity index (χ0v) is 24.3. The molecule has 1 rings (SSSR count). The predicted molar refractivity (Wildman–Crippen MR) is 155 cm³/mol. The van der Waals surface area contributed by atoms with Crippen molar-refractivity contribution in [2.45, 2.75) is 131 Å². The van der Waals surface area contributed by atoms with Crippen LogP contribution in [-0.4, -0.2) is 16.8 Å². The second kappa shape index (κ2) is 24.6. The van der Waals surface area contributed by atoms with Gasteiger partial charge in [0.2, 0.25) is 5.91 Å². The molecule has 7 nitrogen and oxygen atoms in total. The van der Waals surface area contributed by atoms with Crippen molar-refractivity contribution >= 4 is 11.7 Å².